The van der Waals surface area contributed by atoms with Crippen molar-refractivity contribution in [3.05, 3.63) is 18.2 Å². The van der Waals surface area contributed by atoms with Crippen LogP contribution in [-0.2, 0) is 14.8 Å². The summed E-state index contributed by atoms with van der Waals surface area (Å²) in [5.74, 6) is -0.0482. The van der Waals surface area contributed by atoms with Gasteiger partial charge in [-0.1, -0.05) is 12.8 Å². The van der Waals surface area contributed by atoms with Crippen molar-refractivity contribution in [3.8, 4) is 11.5 Å². The first-order valence-corrected chi connectivity index (χ1v) is 10.1. The fourth-order valence-electron chi connectivity index (χ4n) is 4.28. The molecule has 0 radical (unpaired) electrons. The third kappa shape index (κ3) is 2.77. The minimum atomic E-state index is -3.92. The van der Waals surface area contributed by atoms with E-state index in [1.54, 1.807) is 6.07 Å². The highest BCUT2D eigenvalue weighted by atomic mass is 32.2. The van der Waals surface area contributed by atoms with Gasteiger partial charge in [-0.3, -0.25) is 4.79 Å². The monoisotopic (exact) mass is 367 g/mol. The van der Waals surface area contributed by atoms with Crippen molar-refractivity contribution in [1.82, 2.24) is 4.31 Å². The highest BCUT2D eigenvalue weighted by Crippen LogP contribution is 2.43. The zero-order valence-corrected chi connectivity index (χ0v) is 14.6. The molecule has 0 unspecified atom stereocenters. The summed E-state index contributed by atoms with van der Waals surface area (Å²) in [6.45, 7) is 0.790. The van der Waals surface area contributed by atoms with E-state index >= 15 is 0 Å². The van der Waals surface area contributed by atoms with Crippen molar-refractivity contribution in [2.75, 3.05) is 13.2 Å². The fourth-order valence-corrected chi connectivity index (χ4v) is 6.17. The molecule has 1 aromatic rings. The molecular weight excluding hydrogens is 346 g/mol. The van der Waals surface area contributed by atoms with Gasteiger partial charge in [-0.2, -0.15) is 4.31 Å². The van der Waals surface area contributed by atoms with E-state index < -0.39 is 22.0 Å². The van der Waals surface area contributed by atoms with E-state index in [-0.39, 0.29) is 16.9 Å². The number of carboxylic acids is 1. The number of hydrogen-bond acceptors (Lipinski definition) is 5. The van der Waals surface area contributed by atoms with E-state index in [1.165, 1.54) is 16.4 Å². The average Bonchev–Trinajstić information content (AvgIpc) is 3.02. The predicted molar refractivity (Wildman–Crippen MR) is 88.2 cm³/mol. The van der Waals surface area contributed by atoms with Crippen LogP contribution in [0.15, 0.2) is 23.1 Å². The Kier molecular flexibility index (Phi) is 4.11. The third-order valence-electron chi connectivity index (χ3n) is 5.40. The second-order valence-electron chi connectivity index (χ2n) is 6.84. The van der Waals surface area contributed by atoms with Gasteiger partial charge in [0, 0.05) is 12.1 Å². The molecule has 136 valence electrons. The number of hydrogen-bond donors (Lipinski definition) is 1. The number of fused-ring (bicyclic) bond motifs is 2. The molecule has 2 fully saturated rings. The predicted octanol–water partition coefficient (Wildman–Crippen LogP) is 1.86. The number of ether oxygens (including phenoxy) is 2. The zero-order chi connectivity index (χ0) is 17.6. The summed E-state index contributed by atoms with van der Waals surface area (Å²) in [4.78, 5) is 11.8. The molecule has 0 amide bonds. The van der Waals surface area contributed by atoms with E-state index in [4.69, 9.17) is 9.47 Å². The molecule has 2 heterocycles. The van der Waals surface area contributed by atoms with Crippen LogP contribution >= 0.6 is 0 Å². The van der Waals surface area contributed by atoms with E-state index in [9.17, 15) is 18.3 Å². The summed E-state index contributed by atoms with van der Waals surface area (Å²) in [6, 6.07) is 3.27. The Morgan fingerprint density at radius 1 is 1.12 bits per heavy atom. The average molecular weight is 367 g/mol. The minimum absolute atomic E-state index is 0.0641. The molecule has 3 aliphatic rings. The smallest absolute Gasteiger partial charge is 0.322 e. The Bertz CT molecular complexity index is 792. The first-order valence-electron chi connectivity index (χ1n) is 8.64. The molecule has 1 saturated carbocycles. The summed E-state index contributed by atoms with van der Waals surface area (Å²) < 4.78 is 38.7. The highest BCUT2D eigenvalue weighted by molar-refractivity contribution is 7.89. The normalized spacial score (nSPS) is 29.2. The maximum Gasteiger partial charge on any atom is 0.322 e. The molecule has 7 nitrogen and oxygen atoms in total. The lowest BCUT2D eigenvalue weighted by Crippen LogP contribution is -2.46. The minimum Gasteiger partial charge on any atom is -0.486 e. The molecule has 4 rings (SSSR count). The molecule has 0 bridgehead atoms. The van der Waals surface area contributed by atoms with Crippen LogP contribution in [0.1, 0.15) is 32.1 Å². The van der Waals surface area contributed by atoms with Crippen molar-refractivity contribution >= 4 is 16.0 Å². The van der Waals surface area contributed by atoms with Gasteiger partial charge in [0.25, 0.3) is 0 Å². The quantitative estimate of drug-likeness (QED) is 0.877. The van der Waals surface area contributed by atoms with Gasteiger partial charge in [-0.05, 0) is 37.3 Å². The Morgan fingerprint density at radius 2 is 1.84 bits per heavy atom. The lowest BCUT2D eigenvalue weighted by atomic mass is 9.85. The molecule has 0 spiro atoms. The van der Waals surface area contributed by atoms with E-state index in [1.807, 2.05) is 0 Å². The topological polar surface area (TPSA) is 93.1 Å². The van der Waals surface area contributed by atoms with Gasteiger partial charge in [0.2, 0.25) is 10.0 Å². The van der Waals surface area contributed by atoms with Crippen LogP contribution in [0.2, 0.25) is 0 Å². The Morgan fingerprint density at radius 3 is 2.60 bits per heavy atom. The standard InChI is InChI=1S/C17H21NO6S/c19-17(20)14-9-11-3-1-2-4-13(11)18(14)25(21,22)12-5-6-15-16(10-12)24-8-7-23-15/h5-6,10-11,13-14H,1-4,7-9H2,(H,19,20)/t11-,13-,14-/m0/s1. The number of benzene rings is 1. The second kappa shape index (κ2) is 6.17. The molecule has 1 aromatic carbocycles. The van der Waals surface area contributed by atoms with E-state index in [0.29, 0.717) is 31.1 Å². The van der Waals surface area contributed by atoms with E-state index in [0.717, 1.165) is 25.7 Å². The molecule has 1 aliphatic carbocycles. The summed E-state index contributed by atoms with van der Waals surface area (Å²) in [7, 11) is -3.92. The van der Waals surface area contributed by atoms with Crippen molar-refractivity contribution in [1.29, 1.82) is 0 Å². The maximum atomic E-state index is 13.3. The second-order valence-corrected chi connectivity index (χ2v) is 8.69. The van der Waals surface area contributed by atoms with Crippen molar-refractivity contribution in [2.45, 2.75) is 49.1 Å². The Labute approximate surface area is 146 Å². The number of carbonyl (C=O) groups is 1. The number of nitrogens with zero attached hydrogens (tertiary/aromatic N) is 1. The van der Waals surface area contributed by atoms with Gasteiger partial charge in [0.15, 0.2) is 11.5 Å². The van der Waals surface area contributed by atoms with Gasteiger partial charge in [-0.25, -0.2) is 8.42 Å². The molecule has 1 saturated heterocycles. The van der Waals surface area contributed by atoms with Crippen LogP contribution in [0, 0.1) is 5.92 Å². The zero-order valence-electron chi connectivity index (χ0n) is 13.8. The van der Waals surface area contributed by atoms with Gasteiger partial charge in [-0.15, -0.1) is 0 Å². The fraction of sp³-hybridized carbons (Fsp3) is 0.588. The highest BCUT2D eigenvalue weighted by Gasteiger charge is 2.51. The Hall–Kier alpha value is -1.80. The van der Waals surface area contributed by atoms with Crippen LogP contribution in [0.3, 0.4) is 0 Å². The lowest BCUT2D eigenvalue weighted by molar-refractivity contribution is -0.141. The molecular formula is C17H21NO6S. The maximum absolute atomic E-state index is 13.3. The van der Waals surface area contributed by atoms with Gasteiger partial charge >= 0.3 is 5.97 Å². The molecule has 3 atom stereocenters. The number of carboxylic acid groups (broad SMARTS) is 1. The molecule has 8 heteroatoms. The SMILES string of the molecule is O=C(O)[C@@H]1C[C@@H]2CCCC[C@@H]2N1S(=O)(=O)c1ccc2c(c1)OCCO2. The first kappa shape index (κ1) is 16.7. The van der Waals surface area contributed by atoms with Crippen molar-refractivity contribution in [3.63, 3.8) is 0 Å². The first-order chi connectivity index (χ1) is 12.0. The molecule has 0 aromatic heterocycles. The van der Waals surface area contributed by atoms with Crippen LogP contribution in [0.25, 0.3) is 0 Å². The summed E-state index contributed by atoms with van der Waals surface area (Å²) in [6.07, 6.45) is 3.97. The van der Waals surface area contributed by atoms with Crippen LogP contribution in [0.5, 0.6) is 11.5 Å². The summed E-state index contributed by atoms with van der Waals surface area (Å²) >= 11 is 0. The summed E-state index contributed by atoms with van der Waals surface area (Å²) in [5.41, 5.74) is 0. The van der Waals surface area contributed by atoms with Gasteiger partial charge in [0.05, 0.1) is 4.90 Å². The van der Waals surface area contributed by atoms with Crippen LogP contribution in [0.4, 0.5) is 0 Å². The lowest BCUT2D eigenvalue weighted by Gasteiger charge is -2.32. The number of rotatable bonds is 3. The Balaban J connectivity index is 1.73. The van der Waals surface area contributed by atoms with Gasteiger partial charge < -0.3 is 14.6 Å². The van der Waals surface area contributed by atoms with Crippen LogP contribution in [-0.4, -0.2) is 49.1 Å². The van der Waals surface area contributed by atoms with E-state index in [2.05, 4.69) is 0 Å². The van der Waals surface area contributed by atoms with Crippen molar-refractivity contribution in [2.24, 2.45) is 5.92 Å². The number of aliphatic carboxylic acids is 1. The molecule has 1 N–H and O–H groups in total. The van der Waals surface area contributed by atoms with Gasteiger partial charge in [0.1, 0.15) is 19.3 Å². The number of sulfonamides is 1. The largest absolute Gasteiger partial charge is 0.486 e. The summed E-state index contributed by atoms with van der Waals surface area (Å²) in [5, 5.41) is 9.58. The molecule has 2 aliphatic heterocycles. The van der Waals surface area contributed by atoms with Crippen molar-refractivity contribution < 1.29 is 27.8 Å². The van der Waals surface area contributed by atoms with Crippen LogP contribution < -0.4 is 9.47 Å². The third-order valence-corrected chi connectivity index (χ3v) is 7.33. The molecule has 25 heavy (non-hydrogen) atoms.